The summed E-state index contributed by atoms with van der Waals surface area (Å²) in [7, 11) is 0. The number of thiazole rings is 1. The van der Waals surface area contributed by atoms with Crippen LogP contribution >= 0.6 is 11.3 Å². The summed E-state index contributed by atoms with van der Waals surface area (Å²) in [6, 6.07) is 5.86. The van der Waals surface area contributed by atoms with Crippen LogP contribution in [0.5, 0.6) is 5.75 Å². The first kappa shape index (κ1) is 14.0. The minimum absolute atomic E-state index is 0.0496. The number of aromatic nitrogens is 1. The number of likely N-dealkylation sites (tertiary alicyclic amines) is 1. The molecule has 0 N–H and O–H groups in total. The molecule has 1 unspecified atom stereocenters. The van der Waals surface area contributed by atoms with Crippen LogP contribution in [0.3, 0.4) is 0 Å². The number of hydrogen-bond acceptors (Lipinski definition) is 4. The molecule has 6 heteroatoms. The molecule has 1 amide bonds. The standard InChI is InChI=1S/C15H15FN2O2S/c16-11-3-1-4-12(9-11)20-10-14(19)18-7-2-5-13(18)15-17-6-8-21-15/h1,3-4,6,8-9,13H,2,5,7,10H2. The summed E-state index contributed by atoms with van der Waals surface area (Å²) in [4.78, 5) is 18.4. The van der Waals surface area contributed by atoms with E-state index in [-0.39, 0.29) is 24.4 Å². The predicted octanol–water partition coefficient (Wildman–Crippen LogP) is 3.02. The number of rotatable bonds is 4. The van der Waals surface area contributed by atoms with Gasteiger partial charge >= 0.3 is 0 Å². The van der Waals surface area contributed by atoms with E-state index in [1.54, 1.807) is 34.6 Å². The molecule has 1 aromatic carbocycles. The van der Waals surface area contributed by atoms with Gasteiger partial charge < -0.3 is 9.64 Å². The molecule has 0 saturated carbocycles. The minimum atomic E-state index is -0.373. The fourth-order valence-corrected chi connectivity index (χ4v) is 3.29. The van der Waals surface area contributed by atoms with Crippen molar-refractivity contribution < 1.29 is 13.9 Å². The summed E-state index contributed by atoms with van der Waals surface area (Å²) in [6.45, 7) is 0.640. The second kappa shape index (κ2) is 6.22. The fraction of sp³-hybridized carbons (Fsp3) is 0.333. The van der Waals surface area contributed by atoms with Gasteiger partial charge in [-0.3, -0.25) is 4.79 Å². The summed E-state index contributed by atoms with van der Waals surface area (Å²) < 4.78 is 18.4. The zero-order valence-corrected chi connectivity index (χ0v) is 12.2. The van der Waals surface area contributed by atoms with E-state index >= 15 is 0 Å². The maximum atomic E-state index is 13.1. The Morgan fingerprint density at radius 2 is 2.43 bits per heavy atom. The van der Waals surface area contributed by atoms with E-state index in [0.29, 0.717) is 5.75 Å². The maximum absolute atomic E-state index is 13.1. The van der Waals surface area contributed by atoms with Gasteiger partial charge in [-0.1, -0.05) is 6.07 Å². The highest BCUT2D eigenvalue weighted by Gasteiger charge is 2.31. The molecule has 1 fully saturated rings. The zero-order chi connectivity index (χ0) is 14.7. The van der Waals surface area contributed by atoms with Crippen molar-refractivity contribution >= 4 is 17.2 Å². The Kier molecular flexibility index (Phi) is 4.15. The fourth-order valence-electron chi connectivity index (χ4n) is 2.51. The van der Waals surface area contributed by atoms with Gasteiger partial charge in [0, 0.05) is 24.2 Å². The molecular formula is C15H15FN2O2S. The van der Waals surface area contributed by atoms with E-state index in [1.165, 1.54) is 12.1 Å². The third kappa shape index (κ3) is 3.21. The number of ether oxygens (including phenoxy) is 1. The van der Waals surface area contributed by atoms with Gasteiger partial charge in [0.1, 0.15) is 16.6 Å². The molecule has 0 spiro atoms. The minimum Gasteiger partial charge on any atom is -0.484 e. The van der Waals surface area contributed by atoms with Crippen molar-refractivity contribution in [2.45, 2.75) is 18.9 Å². The summed E-state index contributed by atoms with van der Waals surface area (Å²) in [6.07, 6.45) is 3.65. The van der Waals surface area contributed by atoms with Crippen molar-refractivity contribution in [3.05, 3.63) is 46.7 Å². The van der Waals surface area contributed by atoms with Gasteiger partial charge in [0.05, 0.1) is 6.04 Å². The average Bonchev–Trinajstić information content (AvgIpc) is 3.14. The molecule has 0 aliphatic carbocycles. The average molecular weight is 306 g/mol. The van der Waals surface area contributed by atoms with Gasteiger partial charge in [-0.2, -0.15) is 0 Å². The molecule has 0 radical (unpaired) electrons. The Bertz CT molecular complexity index is 618. The SMILES string of the molecule is O=C(COc1cccc(F)c1)N1CCCC1c1nccs1. The highest BCUT2D eigenvalue weighted by molar-refractivity contribution is 7.09. The predicted molar refractivity (Wildman–Crippen MR) is 77.7 cm³/mol. The van der Waals surface area contributed by atoms with E-state index in [0.717, 1.165) is 24.4 Å². The van der Waals surface area contributed by atoms with Crippen molar-refractivity contribution in [3.63, 3.8) is 0 Å². The Balaban J connectivity index is 1.62. The zero-order valence-electron chi connectivity index (χ0n) is 11.4. The number of halogens is 1. The molecule has 1 aliphatic heterocycles. The van der Waals surface area contributed by atoms with Crippen molar-refractivity contribution in [2.24, 2.45) is 0 Å². The first-order valence-electron chi connectivity index (χ1n) is 6.81. The van der Waals surface area contributed by atoms with Gasteiger partial charge in [0.25, 0.3) is 5.91 Å². The van der Waals surface area contributed by atoms with Crippen LogP contribution in [0.15, 0.2) is 35.8 Å². The topological polar surface area (TPSA) is 42.4 Å². The maximum Gasteiger partial charge on any atom is 0.261 e. The molecule has 4 nitrogen and oxygen atoms in total. The Morgan fingerprint density at radius 3 is 3.19 bits per heavy atom. The lowest BCUT2D eigenvalue weighted by Gasteiger charge is -2.23. The van der Waals surface area contributed by atoms with Gasteiger partial charge in [-0.15, -0.1) is 11.3 Å². The Labute approximate surface area is 126 Å². The highest BCUT2D eigenvalue weighted by Crippen LogP contribution is 2.32. The quantitative estimate of drug-likeness (QED) is 0.872. The molecule has 21 heavy (non-hydrogen) atoms. The molecule has 2 aromatic rings. The molecule has 1 aromatic heterocycles. The number of nitrogens with zero attached hydrogens (tertiary/aromatic N) is 2. The van der Waals surface area contributed by atoms with Crippen LogP contribution in [0.4, 0.5) is 4.39 Å². The van der Waals surface area contributed by atoms with Gasteiger partial charge in [0.15, 0.2) is 6.61 Å². The van der Waals surface area contributed by atoms with Gasteiger partial charge in [-0.05, 0) is 25.0 Å². The molecule has 3 rings (SSSR count). The van der Waals surface area contributed by atoms with Crippen molar-refractivity contribution in [3.8, 4) is 5.75 Å². The molecule has 110 valence electrons. The van der Waals surface area contributed by atoms with Crippen LogP contribution in [0.25, 0.3) is 0 Å². The lowest BCUT2D eigenvalue weighted by atomic mass is 10.2. The smallest absolute Gasteiger partial charge is 0.261 e. The van der Waals surface area contributed by atoms with Gasteiger partial charge in [-0.25, -0.2) is 9.37 Å². The van der Waals surface area contributed by atoms with Crippen LogP contribution in [0.1, 0.15) is 23.9 Å². The number of hydrogen-bond donors (Lipinski definition) is 0. The summed E-state index contributed by atoms with van der Waals surface area (Å²) in [5.41, 5.74) is 0. The number of carbonyl (C=O) groups excluding carboxylic acids is 1. The highest BCUT2D eigenvalue weighted by atomic mass is 32.1. The van der Waals surface area contributed by atoms with Crippen molar-refractivity contribution in [1.29, 1.82) is 0 Å². The molecule has 1 atom stereocenters. The van der Waals surface area contributed by atoms with Crippen molar-refractivity contribution in [1.82, 2.24) is 9.88 Å². The summed E-state index contributed by atoms with van der Waals surface area (Å²) in [5.74, 6) is -0.0907. The van der Waals surface area contributed by atoms with Gasteiger partial charge in [0.2, 0.25) is 0 Å². The second-order valence-electron chi connectivity index (χ2n) is 4.86. The van der Waals surface area contributed by atoms with Crippen LogP contribution in [0.2, 0.25) is 0 Å². The van der Waals surface area contributed by atoms with Crippen LogP contribution in [-0.2, 0) is 4.79 Å². The molecule has 0 bridgehead atoms. The second-order valence-corrected chi connectivity index (χ2v) is 5.79. The normalized spacial score (nSPS) is 18.0. The largest absolute Gasteiger partial charge is 0.484 e. The number of amides is 1. The monoisotopic (exact) mass is 306 g/mol. The molecule has 1 aliphatic rings. The summed E-state index contributed by atoms with van der Waals surface area (Å²) >= 11 is 1.56. The van der Waals surface area contributed by atoms with Crippen LogP contribution in [-0.4, -0.2) is 28.9 Å². The van der Waals surface area contributed by atoms with Crippen molar-refractivity contribution in [2.75, 3.05) is 13.2 Å². The number of carbonyl (C=O) groups is 1. The first-order valence-corrected chi connectivity index (χ1v) is 7.69. The van der Waals surface area contributed by atoms with E-state index in [4.69, 9.17) is 4.74 Å². The lowest BCUT2D eigenvalue weighted by molar-refractivity contribution is -0.134. The molecule has 1 saturated heterocycles. The molecule has 2 heterocycles. The van der Waals surface area contributed by atoms with E-state index in [1.807, 2.05) is 5.38 Å². The lowest BCUT2D eigenvalue weighted by Crippen LogP contribution is -2.34. The molecular weight excluding hydrogens is 291 g/mol. The van der Waals surface area contributed by atoms with Crippen LogP contribution in [0, 0.1) is 5.82 Å². The van der Waals surface area contributed by atoms with E-state index < -0.39 is 0 Å². The third-order valence-electron chi connectivity index (χ3n) is 3.47. The van der Waals surface area contributed by atoms with E-state index in [9.17, 15) is 9.18 Å². The number of benzene rings is 1. The first-order chi connectivity index (χ1) is 10.2. The third-order valence-corrected chi connectivity index (χ3v) is 4.34. The van der Waals surface area contributed by atoms with Crippen LogP contribution < -0.4 is 4.74 Å². The Hall–Kier alpha value is -1.95. The van der Waals surface area contributed by atoms with E-state index in [2.05, 4.69) is 4.98 Å². The Morgan fingerprint density at radius 1 is 1.52 bits per heavy atom. The summed E-state index contributed by atoms with van der Waals surface area (Å²) in [5, 5.41) is 2.88.